The van der Waals surface area contributed by atoms with Crippen LogP contribution in [-0.4, -0.2) is 61.2 Å². The van der Waals surface area contributed by atoms with Crippen molar-refractivity contribution in [3.63, 3.8) is 0 Å². The molecule has 1 fully saturated rings. The van der Waals surface area contributed by atoms with Crippen molar-refractivity contribution in [2.45, 2.75) is 20.0 Å². The molecule has 0 aromatic heterocycles. The van der Waals surface area contributed by atoms with Gasteiger partial charge in [-0.25, -0.2) is 0 Å². The van der Waals surface area contributed by atoms with Gasteiger partial charge in [-0.15, -0.1) is 0 Å². The Bertz CT molecular complexity index is 819. The minimum Gasteiger partial charge on any atom is -0.490 e. The number of piperazine rings is 1. The van der Waals surface area contributed by atoms with Crippen LogP contribution in [0.15, 0.2) is 42.5 Å². The van der Waals surface area contributed by atoms with E-state index in [0.717, 1.165) is 31.2 Å². The first-order valence-electron chi connectivity index (χ1n) is 9.58. The van der Waals surface area contributed by atoms with Gasteiger partial charge in [0.1, 0.15) is 18.5 Å². The quantitative estimate of drug-likeness (QED) is 0.719. The maximum atomic E-state index is 11.7. The summed E-state index contributed by atoms with van der Waals surface area (Å²) in [5.41, 5.74) is 2.94. The number of ketones is 1. The summed E-state index contributed by atoms with van der Waals surface area (Å²) in [6.45, 7) is 7.84. The lowest BCUT2D eigenvalue weighted by Crippen LogP contribution is -2.49. The molecular weight excluding hydrogens is 376 g/mol. The molecule has 150 valence electrons. The van der Waals surface area contributed by atoms with Crippen LogP contribution in [0.5, 0.6) is 5.75 Å². The SMILES string of the molecule is CC(=O)c1ccccc1OCC(O)CN1CCN(c2cc(Cl)ccc2C)CC1. The van der Waals surface area contributed by atoms with Gasteiger partial charge in [-0.1, -0.05) is 29.8 Å². The number of β-amino-alcohol motifs (C(OH)–C–C–N with tert-alkyl or cyclic N) is 1. The number of hydrogen-bond donors (Lipinski definition) is 1. The number of para-hydroxylation sites is 1. The molecule has 1 aliphatic rings. The molecule has 2 aromatic carbocycles. The van der Waals surface area contributed by atoms with E-state index in [9.17, 15) is 9.90 Å². The molecule has 1 heterocycles. The summed E-state index contributed by atoms with van der Waals surface area (Å²) in [4.78, 5) is 16.2. The lowest BCUT2D eigenvalue weighted by Gasteiger charge is -2.37. The fraction of sp³-hybridized carbons (Fsp3) is 0.409. The molecule has 6 heteroatoms. The van der Waals surface area contributed by atoms with Gasteiger partial charge in [0.2, 0.25) is 0 Å². The summed E-state index contributed by atoms with van der Waals surface area (Å²) in [6, 6.07) is 13.1. The van der Waals surface area contributed by atoms with Gasteiger partial charge < -0.3 is 14.7 Å². The van der Waals surface area contributed by atoms with Crippen LogP contribution in [0, 0.1) is 6.92 Å². The fourth-order valence-corrected chi connectivity index (χ4v) is 3.68. The van der Waals surface area contributed by atoms with Crippen LogP contribution >= 0.6 is 11.6 Å². The second kappa shape index (κ2) is 9.41. The first kappa shape index (κ1) is 20.6. The highest BCUT2D eigenvalue weighted by Crippen LogP contribution is 2.25. The number of anilines is 1. The first-order valence-corrected chi connectivity index (χ1v) is 9.96. The molecule has 0 spiro atoms. The van der Waals surface area contributed by atoms with Crippen LogP contribution in [0.4, 0.5) is 5.69 Å². The number of nitrogens with zero attached hydrogens (tertiary/aromatic N) is 2. The second-order valence-electron chi connectivity index (χ2n) is 7.24. The Morgan fingerprint density at radius 2 is 1.89 bits per heavy atom. The average molecular weight is 403 g/mol. The van der Waals surface area contributed by atoms with Crippen molar-refractivity contribution in [1.82, 2.24) is 4.90 Å². The number of ether oxygens (including phenoxy) is 1. The Kier molecular flexibility index (Phi) is 6.94. The molecule has 1 atom stereocenters. The van der Waals surface area contributed by atoms with Crippen LogP contribution in [-0.2, 0) is 0 Å². The standard InChI is InChI=1S/C22H27ClN2O3/c1-16-7-8-18(23)13-21(16)25-11-9-24(10-12-25)14-19(27)15-28-22-6-4-3-5-20(22)17(2)26/h3-8,13,19,27H,9-12,14-15H2,1-2H3. The average Bonchev–Trinajstić information content (AvgIpc) is 2.69. The summed E-state index contributed by atoms with van der Waals surface area (Å²) in [5, 5.41) is 11.1. The molecule has 0 bridgehead atoms. The van der Waals surface area contributed by atoms with Gasteiger partial charge in [-0.05, 0) is 43.7 Å². The van der Waals surface area contributed by atoms with Gasteiger partial charge in [0.05, 0.1) is 5.56 Å². The van der Waals surface area contributed by atoms with E-state index in [1.807, 2.05) is 24.3 Å². The summed E-state index contributed by atoms with van der Waals surface area (Å²) < 4.78 is 5.70. The van der Waals surface area contributed by atoms with Gasteiger partial charge in [0.25, 0.3) is 0 Å². The highest BCUT2D eigenvalue weighted by Gasteiger charge is 2.21. The van der Waals surface area contributed by atoms with E-state index in [1.54, 1.807) is 18.2 Å². The molecule has 0 radical (unpaired) electrons. The molecule has 1 aliphatic heterocycles. The zero-order chi connectivity index (χ0) is 20.1. The van der Waals surface area contributed by atoms with Gasteiger partial charge in [0, 0.05) is 43.4 Å². The lowest BCUT2D eigenvalue weighted by molar-refractivity contribution is 0.0656. The van der Waals surface area contributed by atoms with E-state index >= 15 is 0 Å². The number of aliphatic hydroxyl groups is 1. The van der Waals surface area contributed by atoms with E-state index in [4.69, 9.17) is 16.3 Å². The molecule has 3 rings (SSSR count). The van der Waals surface area contributed by atoms with Gasteiger partial charge >= 0.3 is 0 Å². The van der Waals surface area contributed by atoms with E-state index in [0.29, 0.717) is 17.9 Å². The monoisotopic (exact) mass is 402 g/mol. The fourth-order valence-electron chi connectivity index (χ4n) is 3.51. The molecule has 1 N–H and O–H groups in total. The van der Waals surface area contributed by atoms with E-state index < -0.39 is 6.10 Å². The van der Waals surface area contributed by atoms with Gasteiger partial charge in [-0.2, -0.15) is 0 Å². The zero-order valence-electron chi connectivity index (χ0n) is 16.4. The lowest BCUT2D eigenvalue weighted by atomic mass is 10.1. The third-order valence-corrected chi connectivity index (χ3v) is 5.29. The Labute approximate surface area is 171 Å². The number of carbonyl (C=O) groups is 1. The predicted molar refractivity (Wildman–Crippen MR) is 113 cm³/mol. The number of halogens is 1. The van der Waals surface area contributed by atoms with Crippen molar-refractivity contribution in [3.8, 4) is 5.75 Å². The smallest absolute Gasteiger partial charge is 0.163 e. The van der Waals surface area contributed by atoms with Crippen molar-refractivity contribution in [1.29, 1.82) is 0 Å². The molecule has 1 saturated heterocycles. The number of Topliss-reactive ketones (excluding diaryl/α,β-unsaturated/α-hetero) is 1. The van der Waals surface area contributed by atoms with Crippen LogP contribution in [0.25, 0.3) is 0 Å². The highest BCUT2D eigenvalue weighted by atomic mass is 35.5. The maximum Gasteiger partial charge on any atom is 0.163 e. The Balaban J connectivity index is 1.48. The molecule has 0 saturated carbocycles. The molecule has 2 aromatic rings. The number of benzene rings is 2. The Morgan fingerprint density at radius 1 is 1.18 bits per heavy atom. The van der Waals surface area contributed by atoms with E-state index in [1.165, 1.54) is 18.2 Å². The number of aryl methyl sites for hydroxylation is 1. The normalized spacial score (nSPS) is 16.1. The van der Waals surface area contributed by atoms with Gasteiger partial charge in [-0.3, -0.25) is 9.69 Å². The van der Waals surface area contributed by atoms with Crippen LogP contribution in [0.1, 0.15) is 22.8 Å². The van der Waals surface area contributed by atoms with E-state index in [2.05, 4.69) is 16.7 Å². The van der Waals surface area contributed by atoms with Crippen molar-refractivity contribution in [2.75, 3.05) is 44.2 Å². The van der Waals surface area contributed by atoms with E-state index in [-0.39, 0.29) is 12.4 Å². The molecule has 0 aliphatic carbocycles. The minimum atomic E-state index is -0.612. The number of carbonyl (C=O) groups excluding carboxylic acids is 1. The summed E-state index contributed by atoms with van der Waals surface area (Å²) in [5.74, 6) is 0.479. The van der Waals surface area contributed by atoms with Crippen LogP contribution in [0.3, 0.4) is 0 Å². The van der Waals surface area contributed by atoms with Gasteiger partial charge in [0.15, 0.2) is 5.78 Å². The molecular formula is C22H27ClN2O3. The maximum absolute atomic E-state index is 11.7. The van der Waals surface area contributed by atoms with Crippen molar-refractivity contribution < 1.29 is 14.6 Å². The molecule has 1 unspecified atom stereocenters. The predicted octanol–water partition coefficient (Wildman–Crippen LogP) is 3.41. The summed E-state index contributed by atoms with van der Waals surface area (Å²) in [6.07, 6.45) is -0.612. The third kappa shape index (κ3) is 5.25. The van der Waals surface area contributed by atoms with Crippen molar-refractivity contribution in [2.24, 2.45) is 0 Å². The summed E-state index contributed by atoms with van der Waals surface area (Å²) in [7, 11) is 0. The highest BCUT2D eigenvalue weighted by molar-refractivity contribution is 6.30. The second-order valence-corrected chi connectivity index (χ2v) is 7.67. The van der Waals surface area contributed by atoms with Crippen LogP contribution < -0.4 is 9.64 Å². The Hall–Kier alpha value is -2.08. The number of rotatable bonds is 7. The third-order valence-electron chi connectivity index (χ3n) is 5.05. The topological polar surface area (TPSA) is 53.0 Å². The summed E-state index contributed by atoms with van der Waals surface area (Å²) >= 11 is 6.14. The van der Waals surface area contributed by atoms with Crippen molar-refractivity contribution in [3.05, 3.63) is 58.6 Å². The largest absolute Gasteiger partial charge is 0.490 e. The van der Waals surface area contributed by atoms with Crippen molar-refractivity contribution >= 4 is 23.1 Å². The number of aliphatic hydroxyl groups excluding tert-OH is 1. The molecule has 0 amide bonds. The zero-order valence-corrected chi connectivity index (χ0v) is 17.2. The minimum absolute atomic E-state index is 0.0440. The molecule has 5 nitrogen and oxygen atoms in total. The molecule has 28 heavy (non-hydrogen) atoms. The first-order chi connectivity index (χ1) is 13.4. The van der Waals surface area contributed by atoms with Crippen LogP contribution in [0.2, 0.25) is 5.02 Å². The Morgan fingerprint density at radius 3 is 2.61 bits per heavy atom. The number of hydrogen-bond acceptors (Lipinski definition) is 5.